The van der Waals surface area contributed by atoms with Gasteiger partial charge in [0.1, 0.15) is 0 Å². The fraction of sp³-hybridized carbons (Fsp3) is 1.00. The van der Waals surface area contributed by atoms with Gasteiger partial charge in [0.15, 0.2) is 9.84 Å². The molecule has 1 saturated carbocycles. The molecule has 14 heavy (non-hydrogen) atoms. The van der Waals surface area contributed by atoms with Crippen LogP contribution < -0.4 is 5.32 Å². The standard InChI is InChI=1S/C10H21NO2S/c1-8-5-9(6-8)11-7-10(2,3)14(4,12)13/h8-9,11H,5-7H2,1-4H3. The van der Waals surface area contributed by atoms with Crippen molar-refractivity contribution in [3.05, 3.63) is 0 Å². The predicted octanol–water partition coefficient (Wildman–Crippen LogP) is 1.20. The molecule has 0 amide bonds. The molecule has 3 nitrogen and oxygen atoms in total. The summed E-state index contributed by atoms with van der Waals surface area (Å²) in [5.74, 6) is 0.800. The maximum Gasteiger partial charge on any atom is 0.153 e. The molecule has 0 spiro atoms. The van der Waals surface area contributed by atoms with Gasteiger partial charge in [-0.25, -0.2) is 8.42 Å². The predicted molar refractivity (Wildman–Crippen MR) is 59.1 cm³/mol. The van der Waals surface area contributed by atoms with Crippen LogP contribution in [-0.4, -0.2) is 32.0 Å². The van der Waals surface area contributed by atoms with E-state index < -0.39 is 14.6 Å². The van der Waals surface area contributed by atoms with Crippen LogP contribution >= 0.6 is 0 Å². The summed E-state index contributed by atoms with van der Waals surface area (Å²) in [6.45, 7) is 6.33. The lowest BCUT2D eigenvalue weighted by atomic mass is 9.82. The molecule has 0 saturated heterocycles. The van der Waals surface area contributed by atoms with Gasteiger partial charge in [0, 0.05) is 18.8 Å². The van der Waals surface area contributed by atoms with Crippen LogP contribution in [0.5, 0.6) is 0 Å². The Kier molecular flexibility index (Phi) is 3.26. The van der Waals surface area contributed by atoms with Crippen molar-refractivity contribution in [3.63, 3.8) is 0 Å². The Morgan fingerprint density at radius 3 is 2.21 bits per heavy atom. The van der Waals surface area contributed by atoms with Gasteiger partial charge in [-0.1, -0.05) is 6.92 Å². The van der Waals surface area contributed by atoms with Gasteiger partial charge in [0.05, 0.1) is 4.75 Å². The molecule has 0 atom stereocenters. The lowest BCUT2D eigenvalue weighted by Crippen LogP contribution is -2.49. The zero-order valence-corrected chi connectivity index (χ0v) is 10.3. The molecule has 0 aromatic heterocycles. The summed E-state index contributed by atoms with van der Waals surface area (Å²) in [6.07, 6.45) is 3.66. The zero-order valence-electron chi connectivity index (χ0n) is 9.50. The molecule has 0 aliphatic heterocycles. The Bertz CT molecular complexity index is 289. The fourth-order valence-electron chi connectivity index (χ4n) is 1.59. The SMILES string of the molecule is CC1CC(NCC(C)(C)S(C)(=O)=O)C1. The molecular weight excluding hydrogens is 198 g/mol. The number of sulfone groups is 1. The molecule has 1 aliphatic rings. The van der Waals surface area contributed by atoms with Crippen molar-refractivity contribution in [2.75, 3.05) is 12.8 Å². The molecule has 1 N–H and O–H groups in total. The van der Waals surface area contributed by atoms with E-state index >= 15 is 0 Å². The molecule has 1 fully saturated rings. The van der Waals surface area contributed by atoms with Gasteiger partial charge in [-0.2, -0.15) is 0 Å². The number of nitrogens with one attached hydrogen (secondary N) is 1. The Morgan fingerprint density at radius 2 is 1.86 bits per heavy atom. The van der Waals surface area contributed by atoms with Gasteiger partial charge in [0.2, 0.25) is 0 Å². The first-order valence-corrected chi connectivity index (χ1v) is 7.04. The van der Waals surface area contributed by atoms with Crippen molar-refractivity contribution in [2.45, 2.75) is 44.4 Å². The highest BCUT2D eigenvalue weighted by Gasteiger charge is 2.32. The van der Waals surface area contributed by atoms with E-state index in [4.69, 9.17) is 0 Å². The first kappa shape index (κ1) is 12.0. The van der Waals surface area contributed by atoms with Gasteiger partial charge < -0.3 is 5.32 Å². The third kappa shape index (κ3) is 2.70. The molecule has 84 valence electrons. The quantitative estimate of drug-likeness (QED) is 0.773. The van der Waals surface area contributed by atoms with Crippen molar-refractivity contribution >= 4 is 9.84 Å². The molecule has 4 heteroatoms. The summed E-state index contributed by atoms with van der Waals surface area (Å²) in [7, 11) is -2.96. The van der Waals surface area contributed by atoms with E-state index in [9.17, 15) is 8.42 Å². The summed E-state index contributed by atoms with van der Waals surface area (Å²) in [4.78, 5) is 0. The van der Waals surface area contributed by atoms with Crippen LogP contribution in [0.2, 0.25) is 0 Å². The molecule has 0 aromatic rings. The van der Waals surface area contributed by atoms with Crippen LogP contribution in [0.4, 0.5) is 0 Å². The molecule has 0 unspecified atom stereocenters. The van der Waals surface area contributed by atoms with Crippen LogP contribution in [0.25, 0.3) is 0 Å². The van der Waals surface area contributed by atoms with E-state index in [1.807, 2.05) is 0 Å². The smallest absolute Gasteiger partial charge is 0.153 e. The van der Waals surface area contributed by atoms with Gasteiger partial charge >= 0.3 is 0 Å². The first-order valence-electron chi connectivity index (χ1n) is 5.15. The summed E-state index contributed by atoms with van der Waals surface area (Å²) in [5.41, 5.74) is 0. The lowest BCUT2D eigenvalue weighted by molar-refractivity contribution is 0.237. The second kappa shape index (κ2) is 3.81. The van der Waals surface area contributed by atoms with Crippen molar-refractivity contribution in [3.8, 4) is 0 Å². The van der Waals surface area contributed by atoms with Crippen molar-refractivity contribution in [2.24, 2.45) is 5.92 Å². The summed E-state index contributed by atoms with van der Waals surface area (Å²) < 4.78 is 22.1. The molecule has 0 radical (unpaired) electrons. The van der Waals surface area contributed by atoms with Crippen molar-refractivity contribution in [1.82, 2.24) is 5.32 Å². The Labute approximate surface area is 87.2 Å². The average molecular weight is 219 g/mol. The van der Waals surface area contributed by atoms with Crippen LogP contribution in [0.15, 0.2) is 0 Å². The Balaban J connectivity index is 2.37. The first-order chi connectivity index (χ1) is 6.22. The minimum absolute atomic E-state index is 0.533. The summed E-state index contributed by atoms with van der Waals surface area (Å²) in [5, 5.41) is 3.32. The van der Waals surface area contributed by atoms with E-state index in [1.165, 1.54) is 19.1 Å². The third-order valence-electron chi connectivity index (χ3n) is 3.19. The maximum absolute atomic E-state index is 11.4. The van der Waals surface area contributed by atoms with Gasteiger partial charge in [-0.15, -0.1) is 0 Å². The highest BCUT2D eigenvalue weighted by atomic mass is 32.2. The molecule has 0 bridgehead atoms. The second-order valence-electron chi connectivity index (χ2n) is 5.19. The van der Waals surface area contributed by atoms with E-state index in [-0.39, 0.29) is 0 Å². The van der Waals surface area contributed by atoms with E-state index in [0.717, 1.165) is 5.92 Å². The Morgan fingerprint density at radius 1 is 1.36 bits per heavy atom. The largest absolute Gasteiger partial charge is 0.312 e. The number of hydrogen-bond acceptors (Lipinski definition) is 3. The molecule has 0 aromatic carbocycles. The zero-order chi connectivity index (χ0) is 11.0. The van der Waals surface area contributed by atoms with E-state index in [0.29, 0.717) is 12.6 Å². The molecular formula is C10H21NO2S. The minimum atomic E-state index is -2.96. The average Bonchev–Trinajstić information content (AvgIpc) is 1.93. The van der Waals surface area contributed by atoms with Crippen LogP contribution in [0, 0.1) is 5.92 Å². The van der Waals surface area contributed by atoms with Gasteiger partial charge in [-0.05, 0) is 32.6 Å². The molecule has 1 rings (SSSR count). The van der Waals surface area contributed by atoms with Gasteiger partial charge in [-0.3, -0.25) is 0 Å². The normalized spacial score (nSPS) is 28.6. The summed E-state index contributed by atoms with van der Waals surface area (Å²) >= 11 is 0. The van der Waals surface area contributed by atoms with Crippen LogP contribution in [-0.2, 0) is 9.84 Å². The lowest BCUT2D eigenvalue weighted by Gasteiger charge is -2.36. The van der Waals surface area contributed by atoms with Gasteiger partial charge in [0.25, 0.3) is 0 Å². The van der Waals surface area contributed by atoms with E-state index in [2.05, 4.69) is 12.2 Å². The van der Waals surface area contributed by atoms with Crippen molar-refractivity contribution < 1.29 is 8.42 Å². The van der Waals surface area contributed by atoms with E-state index in [1.54, 1.807) is 13.8 Å². The van der Waals surface area contributed by atoms with Crippen LogP contribution in [0.3, 0.4) is 0 Å². The topological polar surface area (TPSA) is 46.2 Å². The highest BCUT2D eigenvalue weighted by Crippen LogP contribution is 2.27. The number of hydrogen-bond donors (Lipinski definition) is 1. The minimum Gasteiger partial charge on any atom is -0.312 e. The highest BCUT2D eigenvalue weighted by molar-refractivity contribution is 7.92. The Hall–Kier alpha value is -0.0900. The summed E-state index contributed by atoms with van der Waals surface area (Å²) in [6, 6.07) is 0.533. The molecule has 0 heterocycles. The second-order valence-corrected chi connectivity index (χ2v) is 7.84. The maximum atomic E-state index is 11.4. The van der Waals surface area contributed by atoms with Crippen molar-refractivity contribution in [1.29, 1.82) is 0 Å². The monoisotopic (exact) mass is 219 g/mol. The fourth-order valence-corrected chi connectivity index (χ4v) is 1.94. The van der Waals surface area contributed by atoms with Crippen LogP contribution in [0.1, 0.15) is 33.6 Å². The third-order valence-corrected chi connectivity index (χ3v) is 5.35. The molecule has 1 aliphatic carbocycles. The number of rotatable bonds is 4.